The van der Waals surface area contributed by atoms with E-state index in [1.165, 1.54) is 10.8 Å². The van der Waals surface area contributed by atoms with Gasteiger partial charge < -0.3 is 8.98 Å². The van der Waals surface area contributed by atoms with Gasteiger partial charge in [0.15, 0.2) is 28.9 Å². The molecule has 6 aromatic carbocycles. The Morgan fingerprint density at radius 2 is 0.911 bits per heavy atom. The molecule has 0 N–H and O–H groups in total. The number of rotatable bonds is 6. The largest absolute Gasteiger partial charge is 0.434 e. The molecule has 0 saturated heterocycles. The van der Waals surface area contributed by atoms with E-state index in [0.717, 1.165) is 55.4 Å². The molecule has 262 valence electrons. The van der Waals surface area contributed by atoms with Crippen molar-refractivity contribution in [2.45, 2.75) is 0 Å². The van der Waals surface area contributed by atoms with Gasteiger partial charge in [-0.3, -0.25) is 0 Å². The highest BCUT2D eigenvalue weighted by molar-refractivity contribution is 6.09. The van der Waals surface area contributed by atoms with Gasteiger partial charge in [-0.25, -0.2) is 29.9 Å². The number of aromatic nitrogens is 7. The Labute approximate surface area is 320 Å². The Balaban J connectivity index is 1.04. The van der Waals surface area contributed by atoms with Crippen molar-refractivity contribution in [3.05, 3.63) is 176 Å². The Morgan fingerprint density at radius 3 is 1.57 bits per heavy atom. The third kappa shape index (κ3) is 5.31. The first-order valence-corrected chi connectivity index (χ1v) is 18.4. The molecule has 0 fully saturated rings. The summed E-state index contributed by atoms with van der Waals surface area (Å²) in [5.74, 6) is 2.35. The molecule has 5 aromatic heterocycles. The fourth-order valence-corrected chi connectivity index (χ4v) is 7.50. The van der Waals surface area contributed by atoms with Crippen LogP contribution in [-0.4, -0.2) is 34.5 Å². The number of hydrogen-bond acceptors (Lipinski definition) is 7. The maximum Gasteiger partial charge on any atom is 0.229 e. The highest BCUT2D eigenvalue weighted by atomic mass is 16.3. The Bertz CT molecular complexity index is 3190. The van der Waals surface area contributed by atoms with Crippen molar-refractivity contribution in [3.8, 4) is 62.5 Å². The van der Waals surface area contributed by atoms with E-state index in [1.807, 2.05) is 97.1 Å². The monoisotopic (exact) mass is 719 g/mol. The van der Waals surface area contributed by atoms with Gasteiger partial charge in [-0.1, -0.05) is 133 Å². The van der Waals surface area contributed by atoms with Gasteiger partial charge in [-0.05, 0) is 36.4 Å². The molecule has 11 rings (SSSR count). The summed E-state index contributed by atoms with van der Waals surface area (Å²) in [5.41, 5.74) is 10.2. The van der Waals surface area contributed by atoms with Crippen LogP contribution >= 0.6 is 0 Å². The van der Waals surface area contributed by atoms with Gasteiger partial charge in [-0.2, -0.15) is 0 Å². The van der Waals surface area contributed by atoms with Crippen LogP contribution in [0.1, 0.15) is 0 Å². The van der Waals surface area contributed by atoms with Crippen LogP contribution in [-0.2, 0) is 0 Å². The van der Waals surface area contributed by atoms with E-state index in [-0.39, 0.29) is 0 Å². The molecule has 11 aromatic rings. The van der Waals surface area contributed by atoms with Gasteiger partial charge in [0.1, 0.15) is 11.2 Å². The van der Waals surface area contributed by atoms with E-state index >= 15 is 0 Å². The van der Waals surface area contributed by atoms with Gasteiger partial charge in [-0.15, -0.1) is 0 Å². The summed E-state index contributed by atoms with van der Waals surface area (Å²) >= 11 is 0. The maximum absolute atomic E-state index is 6.29. The molecule has 8 heteroatoms. The number of nitrogens with zero attached hydrogens (tertiary/aromatic N) is 7. The zero-order chi connectivity index (χ0) is 37.0. The molecule has 0 spiro atoms. The molecular formula is C48H29N7O. The normalized spacial score (nSPS) is 11.6. The lowest BCUT2D eigenvalue weighted by Gasteiger charge is -2.12. The van der Waals surface area contributed by atoms with Crippen LogP contribution in [0.2, 0.25) is 0 Å². The van der Waals surface area contributed by atoms with Crippen LogP contribution in [0.5, 0.6) is 0 Å². The van der Waals surface area contributed by atoms with Crippen LogP contribution in [0.3, 0.4) is 0 Å². The lowest BCUT2D eigenvalue weighted by molar-refractivity contribution is 0.652. The minimum atomic E-state index is 0.522. The topological polar surface area (TPSA) is 95.4 Å². The number of benzene rings is 6. The summed E-state index contributed by atoms with van der Waals surface area (Å²) in [6, 6.07) is 57.4. The molecule has 0 aliphatic carbocycles. The Kier molecular flexibility index (Phi) is 7.31. The average Bonchev–Trinajstić information content (AvgIpc) is 3.83. The minimum Gasteiger partial charge on any atom is -0.434 e. The Hall–Kier alpha value is -7.84. The van der Waals surface area contributed by atoms with Crippen molar-refractivity contribution in [1.82, 2.24) is 34.5 Å². The van der Waals surface area contributed by atoms with Gasteiger partial charge in [0.05, 0.1) is 16.4 Å². The van der Waals surface area contributed by atoms with Crippen molar-refractivity contribution in [2.75, 3.05) is 0 Å². The highest BCUT2D eigenvalue weighted by Gasteiger charge is 2.20. The van der Waals surface area contributed by atoms with Crippen LogP contribution < -0.4 is 0 Å². The number of pyridine rings is 1. The van der Waals surface area contributed by atoms with E-state index in [9.17, 15) is 0 Å². The number of hydrogen-bond donors (Lipinski definition) is 0. The van der Waals surface area contributed by atoms with Crippen molar-refractivity contribution in [2.24, 2.45) is 0 Å². The first kappa shape index (κ1) is 31.7. The second-order valence-electron chi connectivity index (χ2n) is 13.6. The lowest BCUT2D eigenvalue weighted by atomic mass is 10.1. The summed E-state index contributed by atoms with van der Waals surface area (Å²) in [7, 11) is 0. The van der Waals surface area contributed by atoms with E-state index < -0.39 is 0 Å². The molecule has 56 heavy (non-hydrogen) atoms. The van der Waals surface area contributed by atoms with Gasteiger partial charge in [0.2, 0.25) is 5.71 Å². The third-order valence-electron chi connectivity index (χ3n) is 10.1. The zero-order valence-corrected chi connectivity index (χ0v) is 29.8. The number of furan rings is 1. The molecule has 0 saturated carbocycles. The van der Waals surface area contributed by atoms with E-state index in [0.29, 0.717) is 40.3 Å². The SMILES string of the molecule is c1ccc(-c2nc(-c3ccc(-c4nc(-c5ccccc5)nc5c4oc4ncccc45)cc3)nc(-c3cccc(-n4c5ccccc5c5ccccc54)c3)n2)cc1. The molecular weight excluding hydrogens is 691 g/mol. The standard InChI is InChI=1S/C48H29N7O/c1-3-13-31(14-4-1)44-50-41(43-42(51-44)38-21-12-28-49-48(38)56-43)30-24-26-33(27-25-30)46-52-45(32-15-5-2-6-16-32)53-47(54-46)34-17-11-18-35(29-34)55-39-22-9-7-19-36(39)37-20-8-10-23-40(37)55/h1-29H. The molecule has 8 nitrogen and oxygen atoms in total. The predicted octanol–water partition coefficient (Wildman–Crippen LogP) is 11.4. The average molecular weight is 720 g/mol. The van der Waals surface area contributed by atoms with E-state index in [1.54, 1.807) is 6.20 Å². The van der Waals surface area contributed by atoms with Gasteiger partial charge >= 0.3 is 0 Å². The van der Waals surface area contributed by atoms with Gasteiger partial charge in [0.25, 0.3) is 0 Å². The maximum atomic E-state index is 6.29. The highest BCUT2D eigenvalue weighted by Crippen LogP contribution is 2.37. The summed E-state index contributed by atoms with van der Waals surface area (Å²) in [5, 5.41) is 3.26. The van der Waals surface area contributed by atoms with Gasteiger partial charge in [0, 0.05) is 50.5 Å². The van der Waals surface area contributed by atoms with Crippen molar-refractivity contribution < 1.29 is 4.42 Å². The molecule has 0 unspecified atom stereocenters. The van der Waals surface area contributed by atoms with E-state index in [2.05, 4.69) is 82.3 Å². The van der Waals surface area contributed by atoms with Crippen LogP contribution in [0.15, 0.2) is 180 Å². The summed E-state index contributed by atoms with van der Waals surface area (Å²) in [6.07, 6.45) is 1.72. The fourth-order valence-electron chi connectivity index (χ4n) is 7.50. The summed E-state index contributed by atoms with van der Waals surface area (Å²) < 4.78 is 8.59. The molecule has 0 aliphatic heterocycles. The van der Waals surface area contributed by atoms with E-state index in [4.69, 9.17) is 29.3 Å². The number of fused-ring (bicyclic) bond motifs is 6. The van der Waals surface area contributed by atoms with Crippen molar-refractivity contribution >= 4 is 44.0 Å². The number of para-hydroxylation sites is 2. The lowest BCUT2D eigenvalue weighted by Crippen LogP contribution is -2.01. The van der Waals surface area contributed by atoms with Crippen LogP contribution in [0, 0.1) is 0 Å². The molecule has 0 bridgehead atoms. The zero-order valence-electron chi connectivity index (χ0n) is 29.8. The first-order chi connectivity index (χ1) is 27.7. The summed E-state index contributed by atoms with van der Waals surface area (Å²) in [6.45, 7) is 0. The predicted molar refractivity (Wildman–Crippen MR) is 222 cm³/mol. The van der Waals surface area contributed by atoms with Crippen molar-refractivity contribution in [1.29, 1.82) is 0 Å². The fraction of sp³-hybridized carbons (Fsp3) is 0. The second-order valence-corrected chi connectivity index (χ2v) is 13.6. The molecule has 5 heterocycles. The van der Waals surface area contributed by atoms with Crippen molar-refractivity contribution in [3.63, 3.8) is 0 Å². The van der Waals surface area contributed by atoms with Crippen LogP contribution in [0.4, 0.5) is 0 Å². The van der Waals surface area contributed by atoms with Crippen LogP contribution in [0.25, 0.3) is 107 Å². The Morgan fingerprint density at radius 1 is 0.393 bits per heavy atom. The molecule has 0 radical (unpaired) electrons. The second kappa shape index (κ2) is 12.9. The minimum absolute atomic E-state index is 0.522. The first-order valence-electron chi connectivity index (χ1n) is 18.4. The molecule has 0 amide bonds. The summed E-state index contributed by atoms with van der Waals surface area (Å²) in [4.78, 5) is 29.6. The third-order valence-corrected chi connectivity index (χ3v) is 10.1. The molecule has 0 aliphatic rings. The quantitative estimate of drug-likeness (QED) is 0.169. The smallest absolute Gasteiger partial charge is 0.229 e. The molecule has 0 atom stereocenters.